The number of fused-ring (bicyclic) bond motifs is 2. The van der Waals surface area contributed by atoms with Gasteiger partial charge in [-0.2, -0.15) is 0 Å². The predicted octanol–water partition coefficient (Wildman–Crippen LogP) is 4.88. The third kappa shape index (κ3) is 1.79. The van der Waals surface area contributed by atoms with Crippen molar-refractivity contribution in [2.45, 2.75) is 25.0 Å². The zero-order valence-corrected chi connectivity index (χ0v) is 15.0. The number of hydrogen-bond donors (Lipinski definition) is 0. The molecule has 0 saturated carbocycles. The molecule has 0 bridgehead atoms. The summed E-state index contributed by atoms with van der Waals surface area (Å²) in [6.45, 7) is 4.44. The van der Waals surface area contributed by atoms with Gasteiger partial charge in [-0.3, -0.25) is 0 Å². The Hall–Kier alpha value is -2.13. The minimum atomic E-state index is -0.581. The summed E-state index contributed by atoms with van der Waals surface area (Å²) in [6, 6.07) is 12.2. The molecule has 0 radical (unpaired) electrons. The molecule has 0 fully saturated rings. The molecule has 0 N–H and O–H groups in total. The molecule has 124 valence electrons. The smallest absolute Gasteiger partial charge is 0.211 e. The number of rotatable bonds is 1. The van der Waals surface area contributed by atoms with Crippen molar-refractivity contribution in [3.63, 3.8) is 0 Å². The number of anilines is 1. The van der Waals surface area contributed by atoms with Gasteiger partial charge in [-0.15, -0.1) is 0 Å². The van der Waals surface area contributed by atoms with E-state index in [-0.39, 0.29) is 5.41 Å². The van der Waals surface area contributed by atoms with Crippen LogP contribution in [0.25, 0.3) is 6.08 Å². The van der Waals surface area contributed by atoms with Crippen molar-refractivity contribution in [2.24, 2.45) is 0 Å². The second-order valence-corrected chi connectivity index (χ2v) is 7.26. The number of para-hydroxylation sites is 1. The standard InChI is InChI=1S/C20H20ClNO2/c1-19(2)14-7-5-6-8-16(14)22(3)20(19)10-9-13-11-15(21)18(23-4)12-17(13)24-20/h5-12H,1-4H3. The van der Waals surface area contributed by atoms with E-state index in [4.69, 9.17) is 21.1 Å². The van der Waals surface area contributed by atoms with Crippen LogP contribution in [0, 0.1) is 0 Å². The lowest BCUT2D eigenvalue weighted by Crippen LogP contribution is -2.58. The van der Waals surface area contributed by atoms with Crippen molar-refractivity contribution < 1.29 is 9.47 Å². The van der Waals surface area contributed by atoms with Crippen molar-refractivity contribution in [1.82, 2.24) is 0 Å². The van der Waals surface area contributed by atoms with Crippen LogP contribution in [0.1, 0.15) is 25.0 Å². The highest BCUT2D eigenvalue weighted by atomic mass is 35.5. The Labute approximate surface area is 147 Å². The quantitative estimate of drug-likeness (QED) is 0.738. The van der Waals surface area contributed by atoms with Gasteiger partial charge in [0.1, 0.15) is 11.5 Å². The highest BCUT2D eigenvalue weighted by Crippen LogP contribution is 2.54. The molecule has 2 aliphatic rings. The van der Waals surface area contributed by atoms with Crippen LogP contribution in [0.15, 0.2) is 42.5 Å². The summed E-state index contributed by atoms with van der Waals surface area (Å²) in [5, 5.41) is 0.586. The van der Waals surface area contributed by atoms with Gasteiger partial charge in [-0.25, -0.2) is 0 Å². The first-order chi connectivity index (χ1) is 11.4. The Morgan fingerprint density at radius 1 is 1.17 bits per heavy atom. The Kier molecular flexibility index (Phi) is 3.17. The summed E-state index contributed by atoms with van der Waals surface area (Å²) in [4.78, 5) is 2.21. The lowest BCUT2D eigenvalue weighted by atomic mass is 9.76. The maximum atomic E-state index is 6.59. The van der Waals surface area contributed by atoms with Crippen LogP contribution in [0.2, 0.25) is 5.02 Å². The fourth-order valence-corrected chi connectivity index (χ4v) is 4.18. The predicted molar refractivity (Wildman–Crippen MR) is 98.3 cm³/mol. The van der Waals surface area contributed by atoms with Gasteiger partial charge >= 0.3 is 0 Å². The van der Waals surface area contributed by atoms with Crippen LogP contribution < -0.4 is 14.4 Å². The van der Waals surface area contributed by atoms with E-state index in [9.17, 15) is 0 Å². The lowest BCUT2D eigenvalue weighted by molar-refractivity contribution is 0.0579. The fraction of sp³-hybridized carbons (Fsp3) is 0.300. The summed E-state index contributed by atoms with van der Waals surface area (Å²) in [6.07, 6.45) is 4.23. The maximum absolute atomic E-state index is 6.59. The monoisotopic (exact) mass is 341 g/mol. The van der Waals surface area contributed by atoms with E-state index >= 15 is 0 Å². The number of halogens is 1. The summed E-state index contributed by atoms with van der Waals surface area (Å²) < 4.78 is 11.9. The summed E-state index contributed by atoms with van der Waals surface area (Å²) in [5.74, 6) is 1.41. The first-order valence-electron chi connectivity index (χ1n) is 8.00. The highest BCUT2D eigenvalue weighted by molar-refractivity contribution is 6.32. The molecule has 4 heteroatoms. The van der Waals surface area contributed by atoms with E-state index in [1.54, 1.807) is 7.11 Å². The van der Waals surface area contributed by atoms with Crippen molar-refractivity contribution in [3.05, 3.63) is 58.6 Å². The molecule has 1 unspecified atom stereocenters. The van der Waals surface area contributed by atoms with E-state index in [1.165, 1.54) is 11.3 Å². The van der Waals surface area contributed by atoms with Crippen LogP contribution in [0.5, 0.6) is 11.5 Å². The normalized spacial score (nSPS) is 23.0. The topological polar surface area (TPSA) is 21.7 Å². The molecular formula is C20H20ClNO2. The van der Waals surface area contributed by atoms with Gasteiger partial charge in [0.25, 0.3) is 0 Å². The largest absolute Gasteiger partial charge is 0.495 e. The second kappa shape index (κ2) is 4.93. The van der Waals surface area contributed by atoms with Crippen molar-refractivity contribution in [3.8, 4) is 11.5 Å². The van der Waals surface area contributed by atoms with E-state index in [2.05, 4.69) is 62.2 Å². The molecule has 3 nitrogen and oxygen atoms in total. The molecule has 2 heterocycles. The van der Waals surface area contributed by atoms with Crippen molar-refractivity contribution >= 4 is 23.4 Å². The van der Waals surface area contributed by atoms with E-state index < -0.39 is 5.72 Å². The lowest BCUT2D eigenvalue weighted by Gasteiger charge is -2.45. The minimum Gasteiger partial charge on any atom is -0.495 e. The Balaban J connectivity index is 1.88. The van der Waals surface area contributed by atoms with Crippen molar-refractivity contribution in [1.29, 1.82) is 0 Å². The molecule has 4 rings (SSSR count). The van der Waals surface area contributed by atoms with Crippen LogP contribution in [-0.2, 0) is 5.41 Å². The molecule has 24 heavy (non-hydrogen) atoms. The first kappa shape index (κ1) is 15.4. The van der Waals surface area contributed by atoms with Crippen LogP contribution in [-0.4, -0.2) is 19.9 Å². The molecule has 2 aromatic rings. The summed E-state index contributed by atoms with van der Waals surface area (Å²) in [5.41, 5.74) is 2.65. The van der Waals surface area contributed by atoms with Crippen LogP contribution in [0.3, 0.4) is 0 Å². The number of likely N-dealkylation sites (N-methyl/N-ethyl adjacent to an activating group) is 1. The van der Waals surface area contributed by atoms with Gasteiger partial charge in [0, 0.05) is 24.4 Å². The maximum Gasteiger partial charge on any atom is 0.211 e. The summed E-state index contributed by atoms with van der Waals surface area (Å²) >= 11 is 6.25. The summed E-state index contributed by atoms with van der Waals surface area (Å²) in [7, 11) is 3.69. The molecule has 2 aromatic carbocycles. The second-order valence-electron chi connectivity index (χ2n) is 6.86. The third-order valence-corrected chi connectivity index (χ3v) is 5.67. The Bertz CT molecular complexity index is 859. The van der Waals surface area contributed by atoms with Gasteiger partial charge in [0.05, 0.1) is 17.5 Å². The van der Waals surface area contributed by atoms with Gasteiger partial charge in [-0.1, -0.05) is 29.8 Å². The third-order valence-electron chi connectivity index (χ3n) is 5.37. The van der Waals surface area contributed by atoms with E-state index in [1.807, 2.05) is 12.1 Å². The molecule has 0 saturated heterocycles. The van der Waals surface area contributed by atoms with Crippen LogP contribution >= 0.6 is 11.6 Å². The highest BCUT2D eigenvalue weighted by Gasteiger charge is 2.57. The molecule has 2 aliphatic heterocycles. The van der Waals surface area contributed by atoms with Crippen molar-refractivity contribution in [2.75, 3.05) is 19.1 Å². The number of ether oxygens (including phenoxy) is 2. The molecule has 0 aliphatic carbocycles. The Morgan fingerprint density at radius 2 is 1.92 bits per heavy atom. The molecule has 0 aromatic heterocycles. The van der Waals surface area contributed by atoms with Crippen LogP contribution in [0.4, 0.5) is 5.69 Å². The van der Waals surface area contributed by atoms with Gasteiger partial charge < -0.3 is 14.4 Å². The number of nitrogens with zero attached hydrogens (tertiary/aromatic N) is 1. The number of benzene rings is 2. The molecule has 1 spiro atoms. The van der Waals surface area contributed by atoms with Gasteiger partial charge in [0.2, 0.25) is 5.72 Å². The fourth-order valence-electron chi connectivity index (χ4n) is 3.93. The molecule has 0 amide bonds. The van der Waals surface area contributed by atoms with E-state index in [0.717, 1.165) is 11.3 Å². The Morgan fingerprint density at radius 3 is 2.62 bits per heavy atom. The van der Waals surface area contributed by atoms with E-state index in [0.29, 0.717) is 10.8 Å². The SMILES string of the molecule is COc1cc2c(cc1Cl)C=CC1(O2)N(C)c2ccccc2C1(C)C. The number of methoxy groups -OCH3 is 1. The average Bonchev–Trinajstić information content (AvgIpc) is 2.74. The van der Waals surface area contributed by atoms with Gasteiger partial charge in [0.15, 0.2) is 0 Å². The molecule has 1 atom stereocenters. The average molecular weight is 342 g/mol. The first-order valence-corrected chi connectivity index (χ1v) is 8.37. The van der Waals surface area contributed by atoms with Gasteiger partial charge in [-0.05, 0) is 43.7 Å². The molecular weight excluding hydrogens is 322 g/mol. The number of hydrogen-bond acceptors (Lipinski definition) is 3. The zero-order valence-electron chi connectivity index (χ0n) is 14.3. The minimum absolute atomic E-state index is 0.209. The zero-order chi connectivity index (χ0) is 17.1.